The summed E-state index contributed by atoms with van der Waals surface area (Å²) in [5.74, 6) is -0.444. The standard InChI is InChI=1S/C25H26N4O3.ClH/c30-23-19(10-17-8-16(12-26-17)13-28-6-2-1-3-7-28)18-9-15(4-5-22(18)27-23)14-29-24(31)20-11-21(20)25(29)32;/h4-5,8-10,12,20-21,26H,1-3,6-7,11,13-14H2,(H,27,30);1H/b19-10-;/t20-,21+;. The van der Waals surface area contributed by atoms with Gasteiger partial charge in [0.25, 0.3) is 5.91 Å². The minimum absolute atomic E-state index is 0. The van der Waals surface area contributed by atoms with Crippen molar-refractivity contribution in [1.29, 1.82) is 0 Å². The molecule has 0 spiro atoms. The molecule has 2 saturated heterocycles. The van der Waals surface area contributed by atoms with E-state index in [9.17, 15) is 14.4 Å². The van der Waals surface area contributed by atoms with Crippen LogP contribution in [0.15, 0.2) is 30.5 Å². The molecule has 6 rings (SSSR count). The Labute approximate surface area is 198 Å². The zero-order chi connectivity index (χ0) is 21.8. The number of anilines is 1. The van der Waals surface area contributed by atoms with Gasteiger partial charge < -0.3 is 10.3 Å². The molecule has 0 unspecified atom stereocenters. The van der Waals surface area contributed by atoms with Gasteiger partial charge in [-0.1, -0.05) is 12.5 Å². The van der Waals surface area contributed by atoms with Crippen molar-refractivity contribution in [3.8, 4) is 0 Å². The van der Waals surface area contributed by atoms with E-state index in [1.807, 2.05) is 30.5 Å². The number of nitrogens with one attached hydrogen (secondary N) is 2. The third-order valence-corrected chi connectivity index (χ3v) is 7.08. The quantitative estimate of drug-likeness (QED) is 0.522. The molecule has 3 aliphatic heterocycles. The topological polar surface area (TPSA) is 85.5 Å². The zero-order valence-electron chi connectivity index (χ0n) is 18.3. The highest BCUT2D eigenvalue weighted by Gasteiger charge is 2.58. The minimum atomic E-state index is -0.140. The number of H-pyrrole nitrogens is 1. The van der Waals surface area contributed by atoms with Crippen LogP contribution in [-0.4, -0.2) is 45.6 Å². The van der Waals surface area contributed by atoms with Crippen LogP contribution in [-0.2, 0) is 27.5 Å². The number of rotatable bonds is 5. The molecule has 0 radical (unpaired) electrons. The second kappa shape index (κ2) is 8.47. The normalized spacial score (nSPS) is 25.2. The van der Waals surface area contributed by atoms with Crippen molar-refractivity contribution in [1.82, 2.24) is 14.8 Å². The maximum atomic E-state index is 12.6. The molecule has 172 valence electrons. The van der Waals surface area contributed by atoms with E-state index in [4.69, 9.17) is 0 Å². The lowest BCUT2D eigenvalue weighted by Gasteiger charge is -2.25. The van der Waals surface area contributed by atoms with Crippen LogP contribution in [0.25, 0.3) is 11.6 Å². The van der Waals surface area contributed by atoms with E-state index in [2.05, 4.69) is 21.3 Å². The molecule has 4 aliphatic rings. The lowest BCUT2D eigenvalue weighted by Crippen LogP contribution is -2.32. The van der Waals surface area contributed by atoms with Gasteiger partial charge in [-0.05, 0) is 67.8 Å². The van der Waals surface area contributed by atoms with Gasteiger partial charge in [-0.25, -0.2) is 0 Å². The fourth-order valence-electron chi connectivity index (χ4n) is 5.23. The van der Waals surface area contributed by atoms with Gasteiger partial charge in [0.2, 0.25) is 11.8 Å². The van der Waals surface area contributed by atoms with Crippen LogP contribution in [0.3, 0.4) is 0 Å². The molecule has 1 aliphatic carbocycles. The summed E-state index contributed by atoms with van der Waals surface area (Å²) in [5.41, 5.74) is 5.12. The second-order valence-corrected chi connectivity index (χ2v) is 9.40. The number of carbonyl (C=O) groups is 3. The maximum Gasteiger partial charge on any atom is 0.256 e. The van der Waals surface area contributed by atoms with E-state index >= 15 is 0 Å². The maximum absolute atomic E-state index is 12.6. The highest BCUT2D eigenvalue weighted by atomic mass is 35.5. The molecule has 1 saturated carbocycles. The molecule has 3 amide bonds. The average Bonchev–Trinajstić information content (AvgIpc) is 3.31. The predicted octanol–water partition coefficient (Wildman–Crippen LogP) is 3.42. The van der Waals surface area contributed by atoms with Gasteiger partial charge in [-0.15, -0.1) is 12.4 Å². The average molecular weight is 467 g/mol. The molecule has 8 heteroatoms. The smallest absolute Gasteiger partial charge is 0.256 e. The fraction of sp³-hybridized carbons (Fsp3) is 0.400. The zero-order valence-corrected chi connectivity index (χ0v) is 19.1. The summed E-state index contributed by atoms with van der Waals surface area (Å²) in [6.45, 7) is 3.47. The number of nitrogens with zero attached hydrogens (tertiary/aromatic N) is 2. The molecule has 33 heavy (non-hydrogen) atoms. The Kier molecular flexibility index (Phi) is 5.62. The van der Waals surface area contributed by atoms with Gasteiger partial charge in [0, 0.05) is 29.7 Å². The summed E-state index contributed by atoms with van der Waals surface area (Å²) >= 11 is 0. The largest absolute Gasteiger partial charge is 0.361 e. The number of benzene rings is 1. The molecular weight excluding hydrogens is 440 g/mol. The van der Waals surface area contributed by atoms with Crippen LogP contribution >= 0.6 is 12.4 Å². The van der Waals surface area contributed by atoms with Crippen LogP contribution in [0.5, 0.6) is 0 Å². The molecule has 2 N–H and O–H groups in total. The summed E-state index contributed by atoms with van der Waals surface area (Å²) < 4.78 is 0. The summed E-state index contributed by atoms with van der Waals surface area (Å²) in [5, 5.41) is 2.92. The number of aromatic nitrogens is 1. The second-order valence-electron chi connectivity index (χ2n) is 9.40. The number of amides is 3. The fourth-order valence-corrected chi connectivity index (χ4v) is 5.23. The number of hydrogen-bond donors (Lipinski definition) is 2. The summed E-state index contributed by atoms with van der Waals surface area (Å²) in [6, 6.07) is 7.75. The van der Waals surface area contributed by atoms with Crippen LogP contribution in [0.1, 0.15) is 48.1 Å². The van der Waals surface area contributed by atoms with Gasteiger partial charge in [0.15, 0.2) is 0 Å². The van der Waals surface area contributed by atoms with E-state index in [0.717, 1.165) is 42.1 Å². The summed E-state index contributed by atoms with van der Waals surface area (Å²) in [6.07, 6.45) is 8.44. The number of carbonyl (C=O) groups excluding carboxylic acids is 3. The van der Waals surface area contributed by atoms with E-state index in [-0.39, 0.29) is 48.5 Å². The van der Waals surface area contributed by atoms with Crippen molar-refractivity contribution in [2.75, 3.05) is 18.4 Å². The van der Waals surface area contributed by atoms with Crippen LogP contribution in [0.4, 0.5) is 5.69 Å². The Bertz CT molecular complexity index is 1140. The molecule has 2 atom stereocenters. The monoisotopic (exact) mass is 466 g/mol. The van der Waals surface area contributed by atoms with E-state index in [1.54, 1.807) is 0 Å². The minimum Gasteiger partial charge on any atom is -0.361 e. The van der Waals surface area contributed by atoms with Gasteiger partial charge in [0.1, 0.15) is 0 Å². The third kappa shape index (κ3) is 4.00. The lowest BCUT2D eigenvalue weighted by atomic mass is 10.0. The number of aromatic amines is 1. The Morgan fingerprint density at radius 3 is 2.45 bits per heavy atom. The third-order valence-electron chi connectivity index (χ3n) is 7.08. The van der Waals surface area contributed by atoms with E-state index < -0.39 is 0 Å². The first-order valence-electron chi connectivity index (χ1n) is 11.5. The first-order chi connectivity index (χ1) is 15.6. The number of hydrogen-bond acceptors (Lipinski definition) is 4. The molecular formula is C25H27ClN4O3. The Morgan fingerprint density at radius 2 is 1.70 bits per heavy atom. The number of likely N-dealkylation sites (tertiary alicyclic amines) is 2. The van der Waals surface area contributed by atoms with Crippen molar-refractivity contribution in [3.05, 3.63) is 52.8 Å². The highest BCUT2D eigenvalue weighted by Crippen LogP contribution is 2.47. The highest BCUT2D eigenvalue weighted by molar-refractivity contribution is 6.34. The number of fused-ring (bicyclic) bond motifs is 2. The molecule has 3 fully saturated rings. The van der Waals surface area contributed by atoms with Crippen molar-refractivity contribution in [2.45, 2.75) is 38.8 Å². The molecule has 2 aromatic rings. The number of halogens is 1. The number of imide groups is 1. The van der Waals surface area contributed by atoms with Crippen LogP contribution < -0.4 is 5.32 Å². The predicted molar refractivity (Wildman–Crippen MR) is 127 cm³/mol. The van der Waals surface area contributed by atoms with Crippen molar-refractivity contribution < 1.29 is 14.4 Å². The Balaban J connectivity index is 0.00000228. The summed E-state index contributed by atoms with van der Waals surface area (Å²) in [4.78, 5) is 44.4. The first kappa shape index (κ1) is 21.9. The Morgan fingerprint density at radius 1 is 0.939 bits per heavy atom. The molecule has 7 nitrogen and oxygen atoms in total. The molecule has 1 aromatic carbocycles. The molecule has 4 heterocycles. The van der Waals surface area contributed by atoms with Crippen LogP contribution in [0.2, 0.25) is 0 Å². The van der Waals surface area contributed by atoms with E-state index in [0.29, 0.717) is 12.0 Å². The van der Waals surface area contributed by atoms with Gasteiger partial charge in [-0.3, -0.25) is 24.2 Å². The van der Waals surface area contributed by atoms with Crippen LogP contribution in [0, 0.1) is 11.8 Å². The molecule has 0 bridgehead atoms. The van der Waals surface area contributed by atoms with Crippen molar-refractivity contribution in [3.63, 3.8) is 0 Å². The number of piperidine rings is 2. The van der Waals surface area contributed by atoms with Gasteiger partial charge >= 0.3 is 0 Å². The van der Waals surface area contributed by atoms with Gasteiger partial charge in [0.05, 0.1) is 24.0 Å². The van der Waals surface area contributed by atoms with Crippen molar-refractivity contribution >= 4 is 47.5 Å². The first-order valence-corrected chi connectivity index (χ1v) is 11.5. The van der Waals surface area contributed by atoms with Gasteiger partial charge in [-0.2, -0.15) is 0 Å². The van der Waals surface area contributed by atoms with Crippen molar-refractivity contribution in [2.24, 2.45) is 11.8 Å². The Hall–Kier alpha value is -2.90. The SMILES string of the molecule is Cl.O=C1Nc2ccc(CN3C(=O)[C@H]4C[C@H]4C3=O)cc2/C1=C/c1cc(CN2CCCCC2)c[nH]1. The molecule has 1 aromatic heterocycles. The summed E-state index contributed by atoms with van der Waals surface area (Å²) in [7, 11) is 0. The lowest BCUT2D eigenvalue weighted by molar-refractivity contribution is -0.142. The van der Waals surface area contributed by atoms with E-state index in [1.165, 1.54) is 29.7 Å².